The van der Waals surface area contributed by atoms with Crippen molar-refractivity contribution >= 4 is 12.6 Å². The molecule has 1 nitrogen and oxygen atoms in total. The van der Waals surface area contributed by atoms with E-state index in [2.05, 4.69) is 24.8 Å². The van der Waals surface area contributed by atoms with Crippen LogP contribution in [0.5, 0.6) is 5.75 Å². The molecule has 1 aromatic rings. The average Bonchev–Trinajstić information content (AvgIpc) is 2.54. The van der Waals surface area contributed by atoms with Gasteiger partial charge >= 0.3 is 6.18 Å². The molecule has 0 spiro atoms. The van der Waals surface area contributed by atoms with E-state index in [4.69, 9.17) is 4.74 Å². The Hall–Kier alpha value is -0.840. The van der Waals surface area contributed by atoms with Crippen molar-refractivity contribution in [3.05, 3.63) is 29.8 Å². The highest BCUT2D eigenvalue weighted by atomic mass is 32.1. The second-order valence-electron chi connectivity index (χ2n) is 6.16. The first-order valence-corrected chi connectivity index (χ1v) is 9.54. The zero-order chi connectivity index (χ0) is 17.7. The fourth-order valence-electron chi connectivity index (χ4n) is 2.54. The predicted molar refractivity (Wildman–Crippen MR) is 97.1 cm³/mol. The van der Waals surface area contributed by atoms with Crippen LogP contribution in [0.25, 0.3) is 0 Å². The molecule has 5 heteroatoms. The third kappa shape index (κ3) is 11.7. The number of ether oxygens (including phenoxy) is 1. The molecule has 24 heavy (non-hydrogen) atoms. The minimum absolute atomic E-state index is 0.261. The largest absolute Gasteiger partial charge is 0.494 e. The van der Waals surface area contributed by atoms with Crippen molar-refractivity contribution in [3.63, 3.8) is 0 Å². The van der Waals surface area contributed by atoms with E-state index in [1.807, 2.05) is 12.1 Å². The summed E-state index contributed by atoms with van der Waals surface area (Å²) in [7, 11) is 0. The zero-order valence-electron chi connectivity index (χ0n) is 14.3. The lowest BCUT2D eigenvalue weighted by Crippen LogP contribution is -2.06. The van der Waals surface area contributed by atoms with Gasteiger partial charge in [-0.2, -0.15) is 25.8 Å². The van der Waals surface area contributed by atoms with Crippen LogP contribution in [-0.2, 0) is 6.42 Å². The molecule has 0 atom stereocenters. The van der Waals surface area contributed by atoms with Gasteiger partial charge in [0.2, 0.25) is 0 Å². The molecule has 0 aliphatic carbocycles. The maximum atomic E-state index is 12.0. The van der Waals surface area contributed by atoms with Crippen LogP contribution in [0.3, 0.4) is 0 Å². The summed E-state index contributed by atoms with van der Waals surface area (Å²) in [6, 6.07) is 8.21. The molecular weight excluding hydrogens is 333 g/mol. The quantitative estimate of drug-likeness (QED) is 0.307. The third-order valence-electron chi connectivity index (χ3n) is 3.92. The van der Waals surface area contributed by atoms with E-state index in [1.165, 1.54) is 5.56 Å². The van der Waals surface area contributed by atoms with Gasteiger partial charge in [0.25, 0.3) is 0 Å². The van der Waals surface area contributed by atoms with Crippen LogP contribution in [0, 0.1) is 0 Å². The van der Waals surface area contributed by atoms with Gasteiger partial charge in [0.15, 0.2) is 0 Å². The standard InChI is InChI=1S/C19H29F3OS/c20-19(21,22)14-6-4-2-1-3-5-7-15-23-18-12-10-17(11-13-18)9-8-16-24/h10-13,24H,1-9,14-16H2. The summed E-state index contributed by atoms with van der Waals surface area (Å²) >= 11 is 4.21. The first kappa shape index (κ1) is 21.2. The first-order chi connectivity index (χ1) is 11.5. The number of benzene rings is 1. The smallest absolute Gasteiger partial charge is 0.389 e. The Morgan fingerprint density at radius 1 is 0.792 bits per heavy atom. The van der Waals surface area contributed by atoms with E-state index in [-0.39, 0.29) is 6.42 Å². The summed E-state index contributed by atoms with van der Waals surface area (Å²) < 4.78 is 41.6. The number of hydrogen-bond donors (Lipinski definition) is 1. The molecule has 0 saturated heterocycles. The fraction of sp³-hybridized carbons (Fsp3) is 0.684. The van der Waals surface area contributed by atoms with E-state index in [1.54, 1.807) is 0 Å². The summed E-state index contributed by atoms with van der Waals surface area (Å²) in [4.78, 5) is 0. The molecule has 0 amide bonds. The van der Waals surface area contributed by atoms with Crippen molar-refractivity contribution in [1.29, 1.82) is 0 Å². The van der Waals surface area contributed by atoms with Crippen molar-refractivity contribution in [1.82, 2.24) is 0 Å². The molecule has 0 aliphatic rings. The molecule has 0 aliphatic heterocycles. The Morgan fingerprint density at radius 2 is 1.38 bits per heavy atom. The minimum atomic E-state index is -4.00. The number of thiol groups is 1. The Kier molecular flexibility index (Phi) is 11.1. The topological polar surface area (TPSA) is 9.23 Å². The maximum absolute atomic E-state index is 12.0. The zero-order valence-corrected chi connectivity index (χ0v) is 15.2. The summed E-state index contributed by atoms with van der Waals surface area (Å²) in [5.74, 6) is 1.80. The number of unbranched alkanes of at least 4 members (excludes halogenated alkanes) is 6. The van der Waals surface area contributed by atoms with E-state index in [9.17, 15) is 13.2 Å². The van der Waals surface area contributed by atoms with Gasteiger partial charge in [-0.1, -0.05) is 44.2 Å². The minimum Gasteiger partial charge on any atom is -0.494 e. The Balaban J connectivity index is 1.95. The fourth-order valence-corrected chi connectivity index (χ4v) is 2.70. The molecule has 0 unspecified atom stereocenters. The maximum Gasteiger partial charge on any atom is 0.389 e. The summed E-state index contributed by atoms with van der Waals surface area (Å²) in [6.45, 7) is 0.698. The van der Waals surface area contributed by atoms with E-state index >= 15 is 0 Å². The molecule has 0 aromatic heterocycles. The first-order valence-electron chi connectivity index (χ1n) is 8.90. The van der Waals surface area contributed by atoms with Gasteiger partial charge in [-0.05, 0) is 49.1 Å². The van der Waals surface area contributed by atoms with Gasteiger partial charge in [-0.15, -0.1) is 0 Å². The average molecular weight is 363 g/mol. The number of alkyl halides is 3. The van der Waals surface area contributed by atoms with Crippen molar-refractivity contribution in [2.75, 3.05) is 12.4 Å². The van der Waals surface area contributed by atoms with Crippen LogP contribution in [0.1, 0.15) is 63.4 Å². The number of rotatable bonds is 13. The van der Waals surface area contributed by atoms with Gasteiger partial charge in [0.1, 0.15) is 5.75 Å². The molecule has 1 rings (SSSR count). The SMILES string of the molecule is FC(F)(F)CCCCCCCCCOc1ccc(CCCS)cc1. The molecule has 1 aromatic carbocycles. The summed E-state index contributed by atoms with van der Waals surface area (Å²) in [5.41, 5.74) is 1.31. The monoisotopic (exact) mass is 362 g/mol. The van der Waals surface area contributed by atoms with Crippen LogP contribution in [-0.4, -0.2) is 18.5 Å². The molecule has 0 heterocycles. The number of halogens is 3. The van der Waals surface area contributed by atoms with Crippen molar-refractivity contribution in [3.8, 4) is 5.75 Å². The van der Waals surface area contributed by atoms with Crippen LogP contribution in [0.15, 0.2) is 24.3 Å². The van der Waals surface area contributed by atoms with Gasteiger partial charge in [0, 0.05) is 6.42 Å². The van der Waals surface area contributed by atoms with Gasteiger partial charge in [-0.3, -0.25) is 0 Å². The molecular formula is C19H29F3OS. The number of aryl methyl sites for hydroxylation is 1. The third-order valence-corrected chi connectivity index (χ3v) is 4.24. The normalized spacial score (nSPS) is 11.7. The predicted octanol–water partition coefficient (Wildman–Crippen LogP) is 6.61. The number of hydrogen-bond acceptors (Lipinski definition) is 2. The highest BCUT2D eigenvalue weighted by Crippen LogP contribution is 2.23. The Morgan fingerprint density at radius 3 is 1.96 bits per heavy atom. The highest BCUT2D eigenvalue weighted by molar-refractivity contribution is 7.80. The molecule has 0 N–H and O–H groups in total. The van der Waals surface area contributed by atoms with Crippen LogP contribution in [0.2, 0.25) is 0 Å². The summed E-state index contributed by atoms with van der Waals surface area (Å²) in [5, 5.41) is 0. The van der Waals surface area contributed by atoms with Crippen molar-refractivity contribution in [2.24, 2.45) is 0 Å². The van der Waals surface area contributed by atoms with Crippen molar-refractivity contribution < 1.29 is 17.9 Å². The van der Waals surface area contributed by atoms with Crippen LogP contribution in [0.4, 0.5) is 13.2 Å². The molecule has 0 bridgehead atoms. The summed E-state index contributed by atoms with van der Waals surface area (Å²) in [6.07, 6.45) is 3.46. The highest BCUT2D eigenvalue weighted by Gasteiger charge is 2.25. The van der Waals surface area contributed by atoms with Crippen molar-refractivity contribution in [2.45, 2.75) is 70.4 Å². The van der Waals surface area contributed by atoms with E-state index in [0.717, 1.165) is 56.4 Å². The molecule has 0 radical (unpaired) electrons. The van der Waals surface area contributed by atoms with Gasteiger partial charge < -0.3 is 4.74 Å². The molecule has 0 fully saturated rings. The van der Waals surface area contributed by atoms with Crippen LogP contribution < -0.4 is 4.74 Å². The lowest BCUT2D eigenvalue weighted by atomic mass is 10.1. The molecule has 138 valence electrons. The Bertz CT molecular complexity index is 418. The van der Waals surface area contributed by atoms with E-state index < -0.39 is 12.6 Å². The Labute approximate surface area is 149 Å². The lowest BCUT2D eigenvalue weighted by molar-refractivity contribution is -0.135. The van der Waals surface area contributed by atoms with E-state index in [0.29, 0.717) is 13.0 Å². The van der Waals surface area contributed by atoms with Gasteiger partial charge in [-0.25, -0.2) is 0 Å². The van der Waals surface area contributed by atoms with Gasteiger partial charge in [0.05, 0.1) is 6.61 Å². The second kappa shape index (κ2) is 12.5. The molecule has 0 saturated carbocycles. The lowest BCUT2D eigenvalue weighted by Gasteiger charge is -2.08. The second-order valence-corrected chi connectivity index (χ2v) is 6.61. The van der Waals surface area contributed by atoms with Crippen LogP contribution >= 0.6 is 12.6 Å².